The number of carbonyl (C=O) groups is 1. The Morgan fingerprint density at radius 2 is 2.23 bits per heavy atom. The van der Waals surface area contributed by atoms with E-state index >= 15 is 0 Å². The Morgan fingerprint density at radius 3 is 3.00 bits per heavy atom. The van der Waals surface area contributed by atoms with Gasteiger partial charge in [-0.1, -0.05) is 0 Å². The second kappa shape index (κ2) is 4.62. The first-order valence-electron chi connectivity index (χ1n) is 7.94. The number of hydrogen-bond donors (Lipinski definition) is 3. The fourth-order valence-corrected chi connectivity index (χ4v) is 5.10. The normalized spacial score (nSPS) is 33.0. The number of phenols is 2. The molecule has 22 heavy (non-hydrogen) atoms. The zero-order valence-electron chi connectivity index (χ0n) is 12.7. The van der Waals surface area contributed by atoms with Crippen molar-refractivity contribution in [1.29, 1.82) is 0 Å². The molecular weight excluding hydrogens is 282 g/mol. The number of methoxy groups -OCH3 is 1. The summed E-state index contributed by atoms with van der Waals surface area (Å²) in [5.41, 5.74) is 1.49. The molecule has 2 fully saturated rings. The lowest BCUT2D eigenvalue weighted by Gasteiger charge is -2.55. The fraction of sp³-hybridized carbons (Fsp3) is 0.588. The van der Waals surface area contributed by atoms with Crippen molar-refractivity contribution in [2.24, 2.45) is 5.92 Å². The highest BCUT2D eigenvalue weighted by molar-refractivity contribution is 5.82. The minimum absolute atomic E-state index is 0.0255. The molecule has 1 saturated carbocycles. The number of carbonyl (C=O) groups excluding carboxylic acids is 1. The van der Waals surface area contributed by atoms with Crippen LogP contribution >= 0.6 is 0 Å². The number of piperidine rings is 1. The number of fused-ring (bicyclic) bond motifs is 1. The van der Waals surface area contributed by atoms with Gasteiger partial charge in [0.25, 0.3) is 0 Å². The zero-order valence-corrected chi connectivity index (χ0v) is 12.7. The van der Waals surface area contributed by atoms with E-state index in [1.165, 1.54) is 7.11 Å². The van der Waals surface area contributed by atoms with Crippen LogP contribution in [-0.2, 0) is 16.6 Å². The average Bonchev–Trinajstić information content (AvgIpc) is 2.45. The average molecular weight is 303 g/mol. The molecule has 0 spiro atoms. The second-order valence-electron chi connectivity index (χ2n) is 6.84. The first-order chi connectivity index (χ1) is 10.6. The lowest BCUT2D eigenvalue weighted by atomic mass is 9.52. The van der Waals surface area contributed by atoms with E-state index in [0.717, 1.165) is 36.9 Å². The van der Waals surface area contributed by atoms with Gasteiger partial charge in [-0.2, -0.15) is 0 Å². The van der Waals surface area contributed by atoms with Gasteiger partial charge in [0.05, 0.1) is 7.11 Å². The third kappa shape index (κ3) is 1.66. The van der Waals surface area contributed by atoms with Crippen molar-refractivity contribution in [2.45, 2.75) is 43.6 Å². The van der Waals surface area contributed by atoms with Crippen LogP contribution in [0.1, 0.15) is 36.8 Å². The van der Waals surface area contributed by atoms with Crippen LogP contribution in [-0.4, -0.2) is 35.7 Å². The maximum Gasteiger partial charge on any atom is 0.203 e. The fourth-order valence-electron chi connectivity index (χ4n) is 5.10. The number of nitrogens with one attached hydrogen (secondary N) is 1. The summed E-state index contributed by atoms with van der Waals surface area (Å²) in [6, 6.07) is 2.02. The quantitative estimate of drug-likeness (QED) is 0.735. The van der Waals surface area contributed by atoms with Crippen molar-refractivity contribution in [2.75, 3.05) is 13.7 Å². The molecule has 4 rings (SSSR count). The van der Waals surface area contributed by atoms with E-state index in [-0.39, 0.29) is 28.4 Å². The smallest absolute Gasteiger partial charge is 0.203 e. The van der Waals surface area contributed by atoms with E-state index in [0.29, 0.717) is 24.8 Å². The minimum Gasteiger partial charge on any atom is -0.504 e. The number of hydrogen-bond acceptors (Lipinski definition) is 5. The molecule has 5 nitrogen and oxygen atoms in total. The van der Waals surface area contributed by atoms with Gasteiger partial charge in [-0.05, 0) is 43.4 Å². The molecule has 0 radical (unpaired) electrons. The van der Waals surface area contributed by atoms with Crippen molar-refractivity contribution in [3.63, 3.8) is 0 Å². The number of aromatic hydroxyl groups is 2. The van der Waals surface area contributed by atoms with Gasteiger partial charge in [0.15, 0.2) is 11.5 Å². The summed E-state index contributed by atoms with van der Waals surface area (Å²) < 4.78 is 5.18. The predicted molar refractivity (Wildman–Crippen MR) is 80.5 cm³/mol. The van der Waals surface area contributed by atoms with Gasteiger partial charge in [0.2, 0.25) is 5.75 Å². The first kappa shape index (κ1) is 13.9. The summed E-state index contributed by atoms with van der Waals surface area (Å²) in [4.78, 5) is 12.2. The Kier molecular flexibility index (Phi) is 2.92. The van der Waals surface area contributed by atoms with E-state index in [1.54, 1.807) is 6.07 Å². The van der Waals surface area contributed by atoms with E-state index in [1.807, 2.05) is 0 Å². The van der Waals surface area contributed by atoms with E-state index in [2.05, 4.69) is 5.32 Å². The first-order valence-corrected chi connectivity index (χ1v) is 7.94. The molecule has 3 atom stereocenters. The van der Waals surface area contributed by atoms with Gasteiger partial charge in [-0.3, -0.25) is 4.79 Å². The topological polar surface area (TPSA) is 78.8 Å². The third-order valence-corrected chi connectivity index (χ3v) is 5.88. The molecule has 0 unspecified atom stereocenters. The van der Waals surface area contributed by atoms with Gasteiger partial charge in [-0.25, -0.2) is 0 Å². The maximum absolute atomic E-state index is 12.2. The highest BCUT2D eigenvalue weighted by atomic mass is 16.5. The Hall–Kier alpha value is -1.75. The second-order valence-corrected chi connectivity index (χ2v) is 6.84. The summed E-state index contributed by atoms with van der Waals surface area (Å²) in [5, 5.41) is 24.4. The van der Waals surface area contributed by atoms with Gasteiger partial charge in [-0.15, -0.1) is 0 Å². The number of rotatable bonds is 1. The van der Waals surface area contributed by atoms with Crippen LogP contribution in [0.5, 0.6) is 17.2 Å². The van der Waals surface area contributed by atoms with Gasteiger partial charge < -0.3 is 20.3 Å². The Balaban J connectivity index is 1.98. The van der Waals surface area contributed by atoms with Crippen LogP contribution in [0.25, 0.3) is 0 Å². The molecule has 3 N–H and O–H groups in total. The Labute approximate surface area is 129 Å². The molecule has 2 aliphatic carbocycles. The molecule has 1 aromatic carbocycles. The molecule has 118 valence electrons. The highest BCUT2D eigenvalue weighted by Crippen LogP contribution is 2.58. The number of ketones is 1. The van der Waals surface area contributed by atoms with Crippen molar-refractivity contribution >= 4 is 5.78 Å². The van der Waals surface area contributed by atoms with Crippen LogP contribution in [0.2, 0.25) is 0 Å². The van der Waals surface area contributed by atoms with Gasteiger partial charge >= 0.3 is 0 Å². The summed E-state index contributed by atoms with van der Waals surface area (Å²) in [7, 11) is 1.44. The molecule has 2 bridgehead atoms. The monoisotopic (exact) mass is 303 g/mol. The van der Waals surface area contributed by atoms with E-state index in [4.69, 9.17) is 4.74 Å². The molecule has 3 aliphatic rings. The number of Topliss-reactive ketones (excluding diaryl/α,β-unsaturated/α-hetero) is 1. The minimum atomic E-state index is -0.302. The van der Waals surface area contributed by atoms with E-state index < -0.39 is 0 Å². The Bertz CT molecular complexity index is 657. The molecule has 1 aromatic rings. The molecule has 1 aliphatic heterocycles. The standard InChI is InChI=1S/C17H21NO4/c1-22-16-13(20)7-9-6-12-11-3-2-10(19)8-17(11,4-5-18-12)14(9)15(16)21/h7,11-12,18,20-21H,2-6,8H2,1H3/t11-,12+,17-/m0/s1. The lowest BCUT2D eigenvalue weighted by molar-refractivity contribution is -0.125. The molecule has 1 heterocycles. The van der Waals surface area contributed by atoms with E-state index in [9.17, 15) is 15.0 Å². The van der Waals surface area contributed by atoms with Crippen molar-refractivity contribution in [3.8, 4) is 17.2 Å². The Morgan fingerprint density at radius 1 is 1.41 bits per heavy atom. The van der Waals surface area contributed by atoms with Crippen molar-refractivity contribution in [3.05, 3.63) is 17.2 Å². The summed E-state index contributed by atoms with van der Waals surface area (Å²) in [5.74, 6) is 0.760. The lowest BCUT2D eigenvalue weighted by Crippen LogP contribution is -2.60. The predicted octanol–water partition coefficient (Wildman–Crippen LogP) is 1.63. The number of benzene rings is 1. The van der Waals surface area contributed by atoms with Crippen molar-refractivity contribution in [1.82, 2.24) is 5.32 Å². The molecule has 0 aromatic heterocycles. The summed E-state index contributed by atoms with van der Waals surface area (Å²) >= 11 is 0. The zero-order chi connectivity index (χ0) is 15.5. The maximum atomic E-state index is 12.2. The van der Waals surface area contributed by atoms with Crippen LogP contribution in [0, 0.1) is 5.92 Å². The summed E-state index contributed by atoms with van der Waals surface area (Å²) in [6.45, 7) is 0.858. The van der Waals surface area contributed by atoms with Crippen LogP contribution in [0.3, 0.4) is 0 Å². The van der Waals surface area contributed by atoms with Crippen LogP contribution < -0.4 is 10.1 Å². The van der Waals surface area contributed by atoms with Gasteiger partial charge in [0.1, 0.15) is 5.78 Å². The molecule has 1 saturated heterocycles. The van der Waals surface area contributed by atoms with Crippen LogP contribution in [0.4, 0.5) is 0 Å². The van der Waals surface area contributed by atoms with Crippen LogP contribution in [0.15, 0.2) is 6.07 Å². The van der Waals surface area contributed by atoms with Gasteiger partial charge in [0, 0.05) is 29.9 Å². The molecule has 0 amide bonds. The molecule has 5 heteroatoms. The van der Waals surface area contributed by atoms with Crippen molar-refractivity contribution < 1.29 is 19.7 Å². The molecular formula is C17H21NO4. The summed E-state index contributed by atoms with van der Waals surface area (Å²) in [6.07, 6.45) is 3.62. The SMILES string of the molecule is COc1c(O)cc2c(c1O)[C@]13CCN[C@H](C2)[C@@H]1CCC(=O)C3. The number of ether oxygens (including phenoxy) is 1. The highest BCUT2D eigenvalue weighted by Gasteiger charge is 2.55. The third-order valence-electron chi connectivity index (χ3n) is 5.88. The largest absolute Gasteiger partial charge is 0.504 e. The number of phenolic OH excluding ortho intramolecular Hbond substituents is 2.